The van der Waals surface area contributed by atoms with Gasteiger partial charge < -0.3 is 9.74 Å². The highest BCUT2D eigenvalue weighted by Gasteiger charge is 2.25. The second-order valence-corrected chi connectivity index (χ2v) is 5.01. The van der Waals surface area contributed by atoms with Crippen LogP contribution in [-0.2, 0) is 16.1 Å². The highest BCUT2D eigenvalue weighted by atomic mass is 32.2. The molecule has 2 heterocycles. The van der Waals surface area contributed by atoms with Gasteiger partial charge in [-0.15, -0.1) is 0 Å². The fourth-order valence-electron chi connectivity index (χ4n) is 2.16. The van der Waals surface area contributed by atoms with Crippen LogP contribution in [0.1, 0.15) is 12.5 Å². The fourth-order valence-corrected chi connectivity index (χ4v) is 3.00. The molecule has 1 N–H and O–H groups in total. The monoisotopic (exact) mass is 263 g/mol. The molecule has 1 aromatic carbocycles. The molecule has 18 heavy (non-hydrogen) atoms. The predicted molar refractivity (Wildman–Crippen MR) is 69.2 cm³/mol. The standard InChI is InChI=1S/C12H13N3O2S/c1-9(16)14-7-5-10-11(14)3-2-4-12(10)18-15-13-6-8-17-15/h2-4,6,8,13H,5,7H2,1H3. The topological polar surface area (TPSA) is 44.8 Å². The maximum Gasteiger partial charge on any atom is 0.223 e. The Balaban J connectivity index is 1.86. The Labute approximate surface area is 109 Å². The van der Waals surface area contributed by atoms with Gasteiger partial charge in [0.25, 0.3) is 0 Å². The smallest absolute Gasteiger partial charge is 0.223 e. The quantitative estimate of drug-likeness (QED) is 0.825. The minimum Gasteiger partial charge on any atom is -0.381 e. The van der Waals surface area contributed by atoms with E-state index >= 15 is 0 Å². The third-order valence-corrected chi connectivity index (χ3v) is 3.89. The van der Waals surface area contributed by atoms with Gasteiger partial charge in [-0.2, -0.15) is 0 Å². The summed E-state index contributed by atoms with van der Waals surface area (Å²) in [5, 5.41) is 0. The van der Waals surface area contributed by atoms with Crippen molar-refractivity contribution in [3.05, 3.63) is 36.2 Å². The molecule has 0 saturated carbocycles. The van der Waals surface area contributed by atoms with Crippen LogP contribution in [0.3, 0.4) is 0 Å². The Kier molecular flexibility index (Phi) is 2.89. The lowest BCUT2D eigenvalue weighted by atomic mass is 10.2. The van der Waals surface area contributed by atoms with Crippen LogP contribution in [0.15, 0.2) is 35.6 Å². The summed E-state index contributed by atoms with van der Waals surface area (Å²) in [7, 11) is 0. The Hall–Kier alpha value is -1.66. The summed E-state index contributed by atoms with van der Waals surface area (Å²) in [6, 6.07) is 5.99. The van der Waals surface area contributed by atoms with Crippen LogP contribution < -0.4 is 10.3 Å². The highest BCUT2D eigenvalue weighted by Crippen LogP contribution is 2.36. The number of hydrogen-bond donors (Lipinski definition) is 1. The summed E-state index contributed by atoms with van der Waals surface area (Å²) >= 11 is 1.47. The first-order chi connectivity index (χ1) is 8.75. The van der Waals surface area contributed by atoms with Gasteiger partial charge in [-0.05, 0) is 24.1 Å². The van der Waals surface area contributed by atoms with E-state index in [0.717, 1.165) is 23.5 Å². The Morgan fingerprint density at radius 2 is 2.39 bits per heavy atom. The van der Waals surface area contributed by atoms with E-state index in [9.17, 15) is 4.79 Å². The number of amides is 1. The number of carbonyl (C=O) groups is 1. The highest BCUT2D eigenvalue weighted by molar-refractivity contribution is 7.97. The molecule has 2 aliphatic rings. The molecule has 0 spiro atoms. The number of benzene rings is 1. The third kappa shape index (κ3) is 1.93. The summed E-state index contributed by atoms with van der Waals surface area (Å²) in [4.78, 5) is 19.7. The van der Waals surface area contributed by atoms with Gasteiger partial charge in [0.2, 0.25) is 5.91 Å². The lowest BCUT2D eigenvalue weighted by molar-refractivity contribution is -0.116. The van der Waals surface area contributed by atoms with Gasteiger partial charge in [-0.1, -0.05) is 6.07 Å². The number of nitrogens with one attached hydrogen (secondary N) is 1. The average Bonchev–Trinajstić information content (AvgIpc) is 2.97. The van der Waals surface area contributed by atoms with Crippen molar-refractivity contribution in [1.82, 2.24) is 10.0 Å². The van der Waals surface area contributed by atoms with E-state index < -0.39 is 0 Å². The number of hydrazine groups is 1. The van der Waals surface area contributed by atoms with Gasteiger partial charge in [0.15, 0.2) is 0 Å². The van der Waals surface area contributed by atoms with E-state index in [4.69, 9.17) is 4.84 Å². The summed E-state index contributed by atoms with van der Waals surface area (Å²) in [5.41, 5.74) is 5.16. The molecule has 6 heteroatoms. The van der Waals surface area contributed by atoms with Crippen LogP contribution >= 0.6 is 11.9 Å². The molecule has 1 amide bonds. The summed E-state index contributed by atoms with van der Waals surface area (Å²) in [6.45, 7) is 2.36. The van der Waals surface area contributed by atoms with Crippen LogP contribution in [0.2, 0.25) is 0 Å². The molecule has 0 atom stereocenters. The van der Waals surface area contributed by atoms with Crippen LogP contribution in [0.4, 0.5) is 5.69 Å². The predicted octanol–water partition coefficient (Wildman–Crippen LogP) is 1.83. The fraction of sp³-hybridized carbons (Fsp3) is 0.250. The molecule has 3 rings (SSSR count). The number of rotatable bonds is 2. The maximum atomic E-state index is 11.5. The lowest BCUT2D eigenvalue weighted by Crippen LogP contribution is -2.25. The molecule has 2 aliphatic heterocycles. The summed E-state index contributed by atoms with van der Waals surface area (Å²) in [6.07, 6.45) is 4.19. The number of hydrogen-bond acceptors (Lipinski definition) is 5. The number of fused-ring (bicyclic) bond motifs is 1. The molecular weight excluding hydrogens is 250 g/mol. The molecule has 5 nitrogen and oxygen atoms in total. The molecule has 94 valence electrons. The Bertz CT molecular complexity index is 510. The average molecular weight is 263 g/mol. The van der Waals surface area contributed by atoms with Gasteiger partial charge in [-0.3, -0.25) is 10.2 Å². The van der Waals surface area contributed by atoms with Crippen molar-refractivity contribution in [2.75, 3.05) is 11.4 Å². The van der Waals surface area contributed by atoms with Crippen LogP contribution in [0.25, 0.3) is 0 Å². The Morgan fingerprint density at radius 3 is 3.11 bits per heavy atom. The number of carbonyl (C=O) groups excluding carboxylic acids is 1. The zero-order valence-electron chi connectivity index (χ0n) is 9.92. The molecule has 1 aromatic rings. The van der Waals surface area contributed by atoms with E-state index in [2.05, 4.69) is 5.43 Å². The van der Waals surface area contributed by atoms with E-state index in [1.807, 2.05) is 23.1 Å². The summed E-state index contributed by atoms with van der Waals surface area (Å²) in [5.74, 6) is 0.0908. The third-order valence-electron chi connectivity index (χ3n) is 2.95. The second kappa shape index (κ2) is 4.55. The van der Waals surface area contributed by atoms with Gasteiger partial charge in [0.1, 0.15) is 6.26 Å². The molecule has 0 radical (unpaired) electrons. The molecular formula is C12H13N3O2S. The van der Waals surface area contributed by atoms with Crippen LogP contribution in [0.5, 0.6) is 0 Å². The van der Waals surface area contributed by atoms with Crippen molar-refractivity contribution in [2.24, 2.45) is 0 Å². The molecule has 0 saturated heterocycles. The summed E-state index contributed by atoms with van der Waals surface area (Å²) < 4.78 is 1.58. The van der Waals surface area contributed by atoms with Gasteiger partial charge >= 0.3 is 0 Å². The minimum atomic E-state index is 0.0908. The first kappa shape index (κ1) is 11.4. The van der Waals surface area contributed by atoms with Crippen molar-refractivity contribution >= 4 is 23.5 Å². The molecule has 0 aromatic heterocycles. The van der Waals surface area contributed by atoms with E-state index in [0.29, 0.717) is 0 Å². The minimum absolute atomic E-state index is 0.0908. The van der Waals surface area contributed by atoms with Crippen LogP contribution in [0, 0.1) is 0 Å². The molecule has 0 unspecified atom stereocenters. The van der Waals surface area contributed by atoms with Crippen molar-refractivity contribution < 1.29 is 9.63 Å². The van der Waals surface area contributed by atoms with E-state index in [1.54, 1.807) is 24.0 Å². The number of nitrogens with zero attached hydrogens (tertiary/aromatic N) is 2. The van der Waals surface area contributed by atoms with Gasteiger partial charge in [0, 0.05) is 40.6 Å². The van der Waals surface area contributed by atoms with Crippen molar-refractivity contribution in [3.63, 3.8) is 0 Å². The van der Waals surface area contributed by atoms with Crippen molar-refractivity contribution in [3.8, 4) is 0 Å². The van der Waals surface area contributed by atoms with Gasteiger partial charge in [0.05, 0.1) is 6.20 Å². The largest absolute Gasteiger partial charge is 0.381 e. The first-order valence-electron chi connectivity index (χ1n) is 5.72. The Morgan fingerprint density at radius 1 is 1.50 bits per heavy atom. The van der Waals surface area contributed by atoms with Crippen molar-refractivity contribution in [2.45, 2.75) is 18.2 Å². The molecule has 0 aliphatic carbocycles. The molecule has 0 bridgehead atoms. The van der Waals surface area contributed by atoms with Crippen LogP contribution in [-0.4, -0.2) is 17.0 Å². The lowest BCUT2D eigenvalue weighted by Gasteiger charge is -2.17. The normalized spacial score (nSPS) is 17.5. The zero-order chi connectivity index (χ0) is 12.5. The maximum absolute atomic E-state index is 11.5. The number of anilines is 1. The van der Waals surface area contributed by atoms with E-state index in [1.165, 1.54) is 17.5 Å². The zero-order valence-corrected chi connectivity index (χ0v) is 10.7. The first-order valence-corrected chi connectivity index (χ1v) is 6.49. The second-order valence-electron chi connectivity index (χ2n) is 4.06. The van der Waals surface area contributed by atoms with E-state index in [-0.39, 0.29) is 5.91 Å². The molecule has 0 fully saturated rings. The SMILES string of the molecule is CC(=O)N1CCc2c(SN3NC=CO3)cccc21. The van der Waals surface area contributed by atoms with Gasteiger partial charge in [-0.25, -0.2) is 0 Å². The van der Waals surface area contributed by atoms with Crippen molar-refractivity contribution in [1.29, 1.82) is 0 Å².